The number of fused-ring (bicyclic) bond motifs is 1. The molecule has 8 heteroatoms. The van der Waals surface area contributed by atoms with E-state index in [2.05, 4.69) is 44.0 Å². The molecular formula is C27H25ClN6O. The minimum absolute atomic E-state index is 0.211. The molecule has 1 aliphatic rings. The van der Waals surface area contributed by atoms with Crippen molar-refractivity contribution in [2.75, 3.05) is 38.5 Å². The number of imidazole rings is 1. The predicted octanol–water partition coefficient (Wildman–Crippen LogP) is 3.78. The molecule has 176 valence electrons. The van der Waals surface area contributed by atoms with E-state index in [1.165, 1.54) is 0 Å². The summed E-state index contributed by atoms with van der Waals surface area (Å²) < 4.78 is 1.87. The first-order valence-corrected chi connectivity index (χ1v) is 11.8. The predicted molar refractivity (Wildman–Crippen MR) is 138 cm³/mol. The van der Waals surface area contributed by atoms with Crippen molar-refractivity contribution in [1.82, 2.24) is 24.2 Å². The largest absolute Gasteiger partial charge is 0.322 e. The minimum Gasteiger partial charge on any atom is -0.322 e. The van der Waals surface area contributed by atoms with Gasteiger partial charge < -0.3 is 10.2 Å². The topological polar surface area (TPSA) is 65.8 Å². The van der Waals surface area contributed by atoms with Gasteiger partial charge in [0.15, 0.2) is 5.65 Å². The molecule has 0 aliphatic carbocycles. The molecule has 35 heavy (non-hydrogen) atoms. The summed E-state index contributed by atoms with van der Waals surface area (Å²) in [5.41, 5.74) is 4.48. The van der Waals surface area contributed by atoms with Gasteiger partial charge in [0.2, 0.25) is 0 Å². The van der Waals surface area contributed by atoms with Crippen molar-refractivity contribution >= 4 is 28.8 Å². The average molecular weight is 485 g/mol. The standard InChI is InChI=1S/C27H25ClN6O/c1-32-11-13-33(14-12-32)19-22-6-7-23(16-25(22)28)31-27(35)21-4-2-3-20(15-21)5-8-24-17-30-26-18-29-9-10-34(24)26/h2-4,6-7,9-10,15-18H,11-14,19H2,1H3,(H,31,35). The number of nitrogens with zero attached hydrogens (tertiary/aromatic N) is 5. The molecule has 1 saturated heterocycles. The highest BCUT2D eigenvalue weighted by atomic mass is 35.5. The molecule has 0 unspecified atom stereocenters. The Morgan fingerprint density at radius 1 is 1.09 bits per heavy atom. The van der Waals surface area contributed by atoms with Crippen molar-refractivity contribution in [2.45, 2.75) is 6.54 Å². The maximum absolute atomic E-state index is 12.9. The molecule has 7 nitrogen and oxygen atoms in total. The number of likely N-dealkylation sites (N-methyl/N-ethyl adjacent to an activating group) is 1. The van der Waals surface area contributed by atoms with Gasteiger partial charge in [-0.1, -0.05) is 29.7 Å². The first kappa shape index (κ1) is 23.1. The van der Waals surface area contributed by atoms with Crippen LogP contribution in [0.4, 0.5) is 5.69 Å². The number of rotatable bonds is 4. The molecule has 0 spiro atoms. The second-order valence-corrected chi connectivity index (χ2v) is 9.03. The number of hydrogen-bond acceptors (Lipinski definition) is 5. The van der Waals surface area contributed by atoms with Gasteiger partial charge in [-0.15, -0.1) is 0 Å². The zero-order valence-corrected chi connectivity index (χ0v) is 20.2. The number of halogens is 1. The van der Waals surface area contributed by atoms with Gasteiger partial charge in [-0.05, 0) is 48.9 Å². The molecule has 0 atom stereocenters. The van der Waals surface area contributed by atoms with Crippen LogP contribution in [0.2, 0.25) is 5.02 Å². The number of aromatic nitrogens is 3. The summed E-state index contributed by atoms with van der Waals surface area (Å²) in [6.07, 6.45) is 6.90. The molecule has 2 aromatic heterocycles. The Morgan fingerprint density at radius 3 is 2.77 bits per heavy atom. The summed E-state index contributed by atoms with van der Waals surface area (Å²) in [5.74, 6) is 6.02. The van der Waals surface area contributed by atoms with E-state index in [-0.39, 0.29) is 5.91 Å². The van der Waals surface area contributed by atoms with Crippen LogP contribution >= 0.6 is 11.6 Å². The second kappa shape index (κ2) is 10.3. The maximum Gasteiger partial charge on any atom is 0.255 e. The van der Waals surface area contributed by atoms with E-state index in [9.17, 15) is 4.79 Å². The highest BCUT2D eigenvalue weighted by Gasteiger charge is 2.15. The molecule has 3 heterocycles. The highest BCUT2D eigenvalue weighted by molar-refractivity contribution is 6.31. The fraction of sp³-hybridized carbons (Fsp3) is 0.222. The number of carbonyl (C=O) groups excluding carboxylic acids is 1. The Morgan fingerprint density at radius 2 is 1.94 bits per heavy atom. The van der Waals surface area contributed by atoms with Crippen LogP contribution in [0.1, 0.15) is 27.2 Å². The summed E-state index contributed by atoms with van der Waals surface area (Å²) >= 11 is 6.55. The van der Waals surface area contributed by atoms with Crippen molar-refractivity contribution in [1.29, 1.82) is 0 Å². The third kappa shape index (κ3) is 5.52. The van der Waals surface area contributed by atoms with Gasteiger partial charge in [0.05, 0.1) is 12.4 Å². The molecule has 1 amide bonds. The van der Waals surface area contributed by atoms with Crippen LogP contribution in [0.25, 0.3) is 5.65 Å². The van der Waals surface area contributed by atoms with E-state index >= 15 is 0 Å². The Hall–Kier alpha value is -3.70. The molecule has 1 aliphatic heterocycles. The number of amides is 1. The van der Waals surface area contributed by atoms with Gasteiger partial charge in [-0.2, -0.15) is 0 Å². The number of nitrogens with one attached hydrogen (secondary N) is 1. The molecule has 4 aromatic rings. The average Bonchev–Trinajstić information content (AvgIpc) is 3.29. The smallest absolute Gasteiger partial charge is 0.255 e. The van der Waals surface area contributed by atoms with Gasteiger partial charge in [0.25, 0.3) is 5.91 Å². The van der Waals surface area contributed by atoms with Crippen LogP contribution in [0.15, 0.2) is 67.3 Å². The lowest BCUT2D eigenvalue weighted by Gasteiger charge is -2.32. The number of carbonyl (C=O) groups is 1. The molecule has 1 fully saturated rings. The normalized spacial score (nSPS) is 14.5. The van der Waals surface area contributed by atoms with E-state index < -0.39 is 0 Å². The van der Waals surface area contributed by atoms with Crippen molar-refractivity contribution in [3.05, 3.63) is 94.7 Å². The fourth-order valence-electron chi connectivity index (χ4n) is 4.01. The molecule has 1 N–H and O–H groups in total. The monoisotopic (exact) mass is 484 g/mol. The Labute approximate surface area is 209 Å². The van der Waals surface area contributed by atoms with E-state index in [4.69, 9.17) is 11.6 Å². The molecule has 5 rings (SSSR count). The molecule has 0 bridgehead atoms. The zero-order chi connectivity index (χ0) is 24.2. The number of hydrogen-bond donors (Lipinski definition) is 1. The number of anilines is 1. The van der Waals surface area contributed by atoms with Gasteiger partial charge in [0, 0.05) is 67.0 Å². The third-order valence-electron chi connectivity index (χ3n) is 6.08. The molecule has 0 radical (unpaired) electrons. The summed E-state index contributed by atoms with van der Waals surface area (Å²) in [7, 11) is 2.14. The van der Waals surface area contributed by atoms with Crippen LogP contribution in [-0.2, 0) is 6.54 Å². The number of piperazine rings is 1. The lowest BCUT2D eigenvalue weighted by molar-refractivity contribution is 0.102. The van der Waals surface area contributed by atoms with Crippen molar-refractivity contribution in [3.8, 4) is 11.8 Å². The van der Waals surface area contributed by atoms with Crippen molar-refractivity contribution in [2.24, 2.45) is 0 Å². The Kier molecular flexibility index (Phi) is 6.77. The van der Waals surface area contributed by atoms with E-state index in [1.54, 1.807) is 30.7 Å². The number of benzene rings is 2. The zero-order valence-electron chi connectivity index (χ0n) is 19.4. The van der Waals surface area contributed by atoms with Crippen LogP contribution in [0.5, 0.6) is 0 Å². The second-order valence-electron chi connectivity index (χ2n) is 8.62. The molecule has 0 saturated carbocycles. The van der Waals surface area contributed by atoms with Crippen LogP contribution < -0.4 is 5.32 Å². The van der Waals surface area contributed by atoms with Crippen molar-refractivity contribution < 1.29 is 4.79 Å². The highest BCUT2D eigenvalue weighted by Crippen LogP contribution is 2.23. The Bertz CT molecular complexity index is 1430. The van der Waals surface area contributed by atoms with Gasteiger partial charge >= 0.3 is 0 Å². The van der Waals surface area contributed by atoms with Crippen LogP contribution in [0.3, 0.4) is 0 Å². The van der Waals surface area contributed by atoms with Crippen LogP contribution in [-0.4, -0.2) is 63.3 Å². The first-order valence-electron chi connectivity index (χ1n) is 11.4. The summed E-state index contributed by atoms with van der Waals surface area (Å²) in [4.78, 5) is 26.0. The first-order chi connectivity index (χ1) is 17.0. The summed E-state index contributed by atoms with van der Waals surface area (Å²) in [6, 6.07) is 12.9. The van der Waals surface area contributed by atoms with E-state index in [0.29, 0.717) is 16.3 Å². The fourth-order valence-corrected chi connectivity index (χ4v) is 4.25. The van der Waals surface area contributed by atoms with Crippen LogP contribution in [0, 0.1) is 11.8 Å². The minimum atomic E-state index is -0.211. The van der Waals surface area contributed by atoms with E-state index in [1.807, 2.05) is 40.9 Å². The SMILES string of the molecule is CN1CCN(Cc2ccc(NC(=O)c3cccc(C#Cc4cnc5cnccn45)c3)cc2Cl)CC1. The van der Waals surface area contributed by atoms with Gasteiger partial charge in [-0.25, -0.2) is 4.98 Å². The maximum atomic E-state index is 12.9. The lowest BCUT2D eigenvalue weighted by Crippen LogP contribution is -2.43. The lowest BCUT2D eigenvalue weighted by atomic mass is 10.1. The quantitative estimate of drug-likeness (QED) is 0.446. The summed E-state index contributed by atoms with van der Waals surface area (Å²) in [5, 5.41) is 3.60. The molecule has 2 aromatic carbocycles. The van der Waals surface area contributed by atoms with Gasteiger partial charge in [-0.3, -0.25) is 19.1 Å². The summed E-state index contributed by atoms with van der Waals surface area (Å²) in [6.45, 7) is 4.99. The van der Waals surface area contributed by atoms with Gasteiger partial charge in [0.1, 0.15) is 5.69 Å². The Balaban J connectivity index is 1.26. The van der Waals surface area contributed by atoms with E-state index in [0.717, 1.165) is 55.2 Å². The third-order valence-corrected chi connectivity index (χ3v) is 6.43. The molecular weight excluding hydrogens is 460 g/mol. The van der Waals surface area contributed by atoms with Crippen molar-refractivity contribution in [3.63, 3.8) is 0 Å².